The van der Waals surface area contributed by atoms with Gasteiger partial charge < -0.3 is 14.5 Å². The van der Waals surface area contributed by atoms with Crippen molar-refractivity contribution in [3.05, 3.63) is 64.6 Å². The molecule has 1 aromatic heterocycles. The summed E-state index contributed by atoms with van der Waals surface area (Å²) in [5.41, 5.74) is 1.60. The lowest BCUT2D eigenvalue weighted by Crippen LogP contribution is -2.27. The Kier molecular flexibility index (Phi) is 5.87. The largest absolute Gasteiger partial charge is 0.462 e. The van der Waals surface area contributed by atoms with Crippen LogP contribution in [-0.2, 0) is 16.1 Å². The first kappa shape index (κ1) is 20.4. The maximum absolute atomic E-state index is 12.3. The molecular formula is C22H24N2O5. The second-order valence-electron chi connectivity index (χ2n) is 7.76. The van der Waals surface area contributed by atoms with E-state index in [2.05, 4.69) is 5.32 Å². The highest BCUT2D eigenvalue weighted by Crippen LogP contribution is 2.18. The number of benzene rings is 2. The monoisotopic (exact) mass is 396 g/mol. The van der Waals surface area contributed by atoms with E-state index < -0.39 is 17.1 Å². The number of aromatic nitrogens is 1. The van der Waals surface area contributed by atoms with E-state index in [0.29, 0.717) is 35.3 Å². The fourth-order valence-corrected chi connectivity index (χ4v) is 2.74. The number of fused-ring (bicyclic) bond motifs is 1. The molecule has 0 radical (unpaired) electrons. The van der Waals surface area contributed by atoms with Crippen molar-refractivity contribution in [2.24, 2.45) is 5.41 Å². The van der Waals surface area contributed by atoms with Crippen LogP contribution in [0.2, 0.25) is 0 Å². The van der Waals surface area contributed by atoms with Crippen molar-refractivity contribution in [2.75, 3.05) is 11.9 Å². The molecule has 7 heteroatoms. The normalized spacial score (nSPS) is 11.4. The Labute approximate surface area is 168 Å². The Hall–Kier alpha value is -3.35. The maximum atomic E-state index is 12.3. The van der Waals surface area contributed by atoms with Crippen LogP contribution in [0.15, 0.2) is 57.7 Å². The molecule has 29 heavy (non-hydrogen) atoms. The Morgan fingerprint density at radius 1 is 1.10 bits per heavy atom. The van der Waals surface area contributed by atoms with Gasteiger partial charge in [-0.05, 0) is 36.8 Å². The Bertz CT molecular complexity index is 1090. The standard InChI is InChI=1S/C22H24N2O5/c1-22(2,3)20(26)23-16-9-6-8-15(14-16)19(25)28-13-7-12-24-17-10-4-5-11-18(17)29-21(24)27/h4-6,8-11,14H,7,12-13H2,1-3H3,(H,23,26). The van der Waals surface area contributed by atoms with Crippen LogP contribution >= 0.6 is 0 Å². The molecule has 0 bridgehead atoms. The third kappa shape index (κ3) is 4.93. The lowest BCUT2D eigenvalue weighted by molar-refractivity contribution is -0.123. The third-order valence-corrected chi connectivity index (χ3v) is 4.37. The van der Waals surface area contributed by atoms with E-state index >= 15 is 0 Å². The van der Waals surface area contributed by atoms with Crippen LogP contribution in [0.5, 0.6) is 0 Å². The number of hydrogen-bond donors (Lipinski definition) is 1. The van der Waals surface area contributed by atoms with Crippen LogP contribution in [0.4, 0.5) is 5.69 Å². The molecule has 1 N–H and O–H groups in total. The molecule has 3 rings (SSSR count). The number of nitrogens with zero attached hydrogens (tertiary/aromatic N) is 1. The first-order valence-corrected chi connectivity index (χ1v) is 9.43. The van der Waals surface area contributed by atoms with Gasteiger partial charge in [0.05, 0.1) is 17.7 Å². The van der Waals surface area contributed by atoms with E-state index in [4.69, 9.17) is 9.15 Å². The number of carbonyl (C=O) groups is 2. The number of rotatable bonds is 6. The summed E-state index contributed by atoms with van der Waals surface area (Å²) in [5, 5.41) is 2.79. The van der Waals surface area contributed by atoms with Gasteiger partial charge in [-0.1, -0.05) is 39.0 Å². The highest BCUT2D eigenvalue weighted by atomic mass is 16.5. The molecule has 152 valence electrons. The summed E-state index contributed by atoms with van der Waals surface area (Å²) in [6, 6.07) is 13.8. The van der Waals surface area contributed by atoms with Crippen molar-refractivity contribution in [1.29, 1.82) is 0 Å². The molecular weight excluding hydrogens is 372 g/mol. The minimum absolute atomic E-state index is 0.138. The Balaban J connectivity index is 1.56. The van der Waals surface area contributed by atoms with E-state index in [1.165, 1.54) is 4.57 Å². The molecule has 7 nitrogen and oxygen atoms in total. The van der Waals surface area contributed by atoms with Crippen LogP contribution in [0.1, 0.15) is 37.6 Å². The van der Waals surface area contributed by atoms with E-state index in [1.54, 1.807) is 36.4 Å². The molecule has 1 heterocycles. The molecule has 2 aromatic carbocycles. The summed E-state index contributed by atoms with van der Waals surface area (Å²) < 4.78 is 12.0. The van der Waals surface area contributed by atoms with Gasteiger partial charge >= 0.3 is 11.7 Å². The molecule has 1 amide bonds. The smallest absolute Gasteiger partial charge is 0.419 e. The number of nitrogens with one attached hydrogen (secondary N) is 1. The number of oxazole rings is 1. The van der Waals surface area contributed by atoms with Crippen molar-refractivity contribution < 1.29 is 18.7 Å². The van der Waals surface area contributed by atoms with Gasteiger partial charge in [-0.2, -0.15) is 0 Å². The number of carbonyl (C=O) groups excluding carboxylic acids is 2. The van der Waals surface area contributed by atoms with Crippen molar-refractivity contribution >= 4 is 28.7 Å². The average Bonchev–Trinajstić information content (AvgIpc) is 2.99. The quantitative estimate of drug-likeness (QED) is 0.505. The van der Waals surface area contributed by atoms with Crippen LogP contribution in [0.25, 0.3) is 11.1 Å². The minimum atomic E-state index is -0.536. The van der Waals surface area contributed by atoms with Crippen molar-refractivity contribution in [1.82, 2.24) is 4.57 Å². The lowest BCUT2D eigenvalue weighted by atomic mass is 9.95. The van der Waals surface area contributed by atoms with Crippen LogP contribution < -0.4 is 11.1 Å². The number of esters is 1. The van der Waals surface area contributed by atoms with Gasteiger partial charge in [-0.15, -0.1) is 0 Å². The predicted molar refractivity (Wildman–Crippen MR) is 110 cm³/mol. The molecule has 3 aromatic rings. The van der Waals surface area contributed by atoms with Crippen molar-refractivity contribution in [3.8, 4) is 0 Å². The van der Waals surface area contributed by atoms with Crippen LogP contribution in [0.3, 0.4) is 0 Å². The fourth-order valence-electron chi connectivity index (χ4n) is 2.74. The van der Waals surface area contributed by atoms with Gasteiger partial charge in [0.1, 0.15) is 0 Å². The lowest BCUT2D eigenvalue weighted by Gasteiger charge is -2.17. The average molecular weight is 396 g/mol. The van der Waals surface area contributed by atoms with Gasteiger partial charge in [0.25, 0.3) is 0 Å². The fraction of sp³-hybridized carbons (Fsp3) is 0.318. The first-order chi connectivity index (χ1) is 13.8. The molecule has 0 saturated heterocycles. The SMILES string of the molecule is CC(C)(C)C(=O)Nc1cccc(C(=O)OCCCn2c(=O)oc3ccccc32)c1. The maximum Gasteiger partial charge on any atom is 0.419 e. The summed E-state index contributed by atoms with van der Waals surface area (Å²) in [5.74, 6) is -1.05. The van der Waals surface area contributed by atoms with E-state index in [9.17, 15) is 14.4 Å². The predicted octanol–water partition coefficient (Wildman–Crippen LogP) is 3.83. The number of ether oxygens (including phenoxy) is 1. The summed E-state index contributed by atoms with van der Waals surface area (Å²) in [6.07, 6.45) is 0.468. The number of anilines is 1. The van der Waals surface area contributed by atoms with Gasteiger partial charge in [0, 0.05) is 17.6 Å². The van der Waals surface area contributed by atoms with E-state index in [-0.39, 0.29) is 12.5 Å². The molecule has 0 spiro atoms. The van der Waals surface area contributed by atoms with Crippen molar-refractivity contribution in [3.63, 3.8) is 0 Å². The second-order valence-corrected chi connectivity index (χ2v) is 7.76. The molecule has 0 atom stereocenters. The summed E-state index contributed by atoms with van der Waals surface area (Å²) in [7, 11) is 0. The van der Waals surface area contributed by atoms with Crippen molar-refractivity contribution in [2.45, 2.75) is 33.7 Å². The number of amides is 1. The minimum Gasteiger partial charge on any atom is -0.462 e. The first-order valence-electron chi connectivity index (χ1n) is 9.43. The number of aryl methyl sites for hydroxylation is 1. The zero-order valence-corrected chi connectivity index (χ0v) is 16.7. The molecule has 0 aliphatic carbocycles. The summed E-state index contributed by atoms with van der Waals surface area (Å²) >= 11 is 0. The van der Waals surface area contributed by atoms with Gasteiger partial charge in [0.2, 0.25) is 5.91 Å². The zero-order chi connectivity index (χ0) is 21.0. The van der Waals surface area contributed by atoms with E-state index in [1.807, 2.05) is 32.9 Å². The summed E-state index contributed by atoms with van der Waals surface area (Å²) in [6.45, 7) is 5.98. The van der Waals surface area contributed by atoms with Gasteiger partial charge in [0.15, 0.2) is 5.58 Å². The van der Waals surface area contributed by atoms with Crippen LogP contribution in [0, 0.1) is 5.41 Å². The second kappa shape index (κ2) is 8.34. The molecule has 0 aliphatic rings. The summed E-state index contributed by atoms with van der Waals surface area (Å²) in [4.78, 5) is 36.3. The zero-order valence-electron chi connectivity index (χ0n) is 16.7. The molecule has 0 unspecified atom stereocenters. The number of hydrogen-bond acceptors (Lipinski definition) is 5. The topological polar surface area (TPSA) is 90.5 Å². The Morgan fingerprint density at radius 2 is 1.86 bits per heavy atom. The molecule has 0 saturated carbocycles. The third-order valence-electron chi connectivity index (χ3n) is 4.37. The van der Waals surface area contributed by atoms with Gasteiger partial charge in [-0.25, -0.2) is 9.59 Å². The Morgan fingerprint density at radius 3 is 2.62 bits per heavy atom. The van der Waals surface area contributed by atoms with Gasteiger partial charge in [-0.3, -0.25) is 9.36 Å². The number of para-hydroxylation sites is 2. The van der Waals surface area contributed by atoms with E-state index in [0.717, 1.165) is 0 Å². The van der Waals surface area contributed by atoms with Crippen LogP contribution in [-0.4, -0.2) is 23.1 Å². The highest BCUT2D eigenvalue weighted by molar-refractivity contribution is 5.96. The highest BCUT2D eigenvalue weighted by Gasteiger charge is 2.21. The molecule has 0 fully saturated rings. The molecule has 0 aliphatic heterocycles.